The van der Waals surface area contributed by atoms with Gasteiger partial charge in [-0.2, -0.15) is 0 Å². The molecule has 0 atom stereocenters. The third-order valence-electron chi connectivity index (χ3n) is 2.29. The Bertz CT molecular complexity index is 544. The Kier molecular flexibility index (Phi) is 1.53. The summed E-state index contributed by atoms with van der Waals surface area (Å²) in [5.74, 6) is 0.948. The van der Waals surface area contributed by atoms with Crippen LogP contribution < -0.4 is 5.32 Å². The zero-order valence-corrected chi connectivity index (χ0v) is 7.75. The van der Waals surface area contributed by atoms with Gasteiger partial charge in [-0.3, -0.25) is 4.57 Å². The third kappa shape index (κ3) is 1.17. The number of aromatic nitrogens is 3. The summed E-state index contributed by atoms with van der Waals surface area (Å²) in [6.45, 7) is 0. The Hall–Kier alpha value is -2.30. The number of nitrogens with zero attached hydrogens (tertiary/aromatic N) is 3. The molecule has 1 aliphatic heterocycles. The fourth-order valence-electron chi connectivity index (χ4n) is 1.59. The van der Waals surface area contributed by atoms with E-state index in [-0.39, 0.29) is 5.75 Å². The summed E-state index contributed by atoms with van der Waals surface area (Å²) in [5, 5.41) is 20.3. The molecule has 0 saturated carbocycles. The summed E-state index contributed by atoms with van der Waals surface area (Å²) in [4.78, 5) is 0. The molecule has 0 saturated heterocycles. The Morgan fingerprint density at radius 3 is 3.20 bits per heavy atom. The first kappa shape index (κ1) is 8.05. The maximum absolute atomic E-state index is 9.44. The van der Waals surface area contributed by atoms with E-state index >= 15 is 0 Å². The van der Waals surface area contributed by atoms with Crippen LogP contribution in [-0.2, 0) is 0 Å². The van der Waals surface area contributed by atoms with E-state index in [9.17, 15) is 5.11 Å². The van der Waals surface area contributed by atoms with Crippen molar-refractivity contribution in [1.29, 1.82) is 0 Å². The van der Waals surface area contributed by atoms with E-state index in [2.05, 4.69) is 15.5 Å². The molecular weight excluding hydrogens is 192 g/mol. The molecule has 0 bridgehead atoms. The van der Waals surface area contributed by atoms with Gasteiger partial charge in [0.2, 0.25) is 0 Å². The number of anilines is 1. The summed E-state index contributed by atoms with van der Waals surface area (Å²) in [5.41, 5.74) is 1.74. The lowest BCUT2D eigenvalue weighted by molar-refractivity contribution is 0.475. The second kappa shape index (κ2) is 2.84. The summed E-state index contributed by atoms with van der Waals surface area (Å²) in [6.07, 6.45) is 5.23. The lowest BCUT2D eigenvalue weighted by Crippen LogP contribution is -1.97. The number of benzene rings is 1. The van der Waals surface area contributed by atoms with Gasteiger partial charge in [-0.15, -0.1) is 10.2 Å². The van der Waals surface area contributed by atoms with E-state index in [1.807, 2.05) is 16.7 Å². The van der Waals surface area contributed by atoms with Crippen molar-refractivity contribution < 1.29 is 5.11 Å². The topological polar surface area (TPSA) is 63.0 Å². The van der Waals surface area contributed by atoms with Gasteiger partial charge in [-0.1, -0.05) is 0 Å². The monoisotopic (exact) mass is 200 g/mol. The van der Waals surface area contributed by atoms with Gasteiger partial charge in [0.1, 0.15) is 12.1 Å². The molecule has 5 heteroatoms. The zero-order valence-electron chi connectivity index (χ0n) is 7.75. The predicted octanol–water partition coefficient (Wildman–Crippen LogP) is 1.37. The van der Waals surface area contributed by atoms with Crippen LogP contribution in [0.3, 0.4) is 0 Å². The van der Waals surface area contributed by atoms with Gasteiger partial charge in [0.05, 0.1) is 11.4 Å². The van der Waals surface area contributed by atoms with Gasteiger partial charge in [-0.25, -0.2) is 0 Å². The van der Waals surface area contributed by atoms with E-state index in [0.29, 0.717) is 0 Å². The van der Waals surface area contributed by atoms with Crippen molar-refractivity contribution in [1.82, 2.24) is 14.8 Å². The molecule has 15 heavy (non-hydrogen) atoms. The third-order valence-corrected chi connectivity index (χ3v) is 2.29. The first-order valence-electron chi connectivity index (χ1n) is 4.51. The lowest BCUT2D eigenvalue weighted by Gasteiger charge is -2.08. The van der Waals surface area contributed by atoms with E-state index in [1.54, 1.807) is 24.7 Å². The van der Waals surface area contributed by atoms with E-state index < -0.39 is 0 Å². The number of hydrogen-bond acceptors (Lipinski definition) is 4. The molecule has 5 nitrogen and oxygen atoms in total. The number of aromatic hydroxyl groups is 1. The number of nitrogens with one attached hydrogen (secondary N) is 1. The standard InChI is InChI=1S/C10H8N4O/c15-7-1-2-8-9(5-7)14-6-12-13-10(14)3-4-11-8/h1-6,11,15H. The number of hydrogen-bond donors (Lipinski definition) is 2. The van der Waals surface area contributed by atoms with Gasteiger partial charge in [0.25, 0.3) is 0 Å². The summed E-state index contributed by atoms with van der Waals surface area (Å²) < 4.78 is 1.81. The van der Waals surface area contributed by atoms with Crippen LogP contribution in [0.2, 0.25) is 0 Å². The number of rotatable bonds is 0. The molecule has 2 N–H and O–H groups in total. The van der Waals surface area contributed by atoms with Gasteiger partial charge in [0.15, 0.2) is 5.82 Å². The van der Waals surface area contributed by atoms with Gasteiger partial charge in [-0.05, 0) is 18.2 Å². The summed E-state index contributed by atoms with van der Waals surface area (Å²) in [6, 6.07) is 5.11. The van der Waals surface area contributed by atoms with E-state index in [1.165, 1.54) is 0 Å². The molecule has 0 fully saturated rings. The summed E-state index contributed by atoms with van der Waals surface area (Å²) in [7, 11) is 0. The average molecular weight is 200 g/mol. The van der Waals surface area contributed by atoms with Crippen LogP contribution in [0, 0.1) is 0 Å². The fourth-order valence-corrected chi connectivity index (χ4v) is 1.59. The van der Waals surface area contributed by atoms with E-state index in [0.717, 1.165) is 17.2 Å². The second-order valence-electron chi connectivity index (χ2n) is 3.24. The highest BCUT2D eigenvalue weighted by atomic mass is 16.3. The Morgan fingerprint density at radius 2 is 2.27 bits per heavy atom. The minimum atomic E-state index is 0.220. The van der Waals surface area contributed by atoms with Crippen LogP contribution >= 0.6 is 0 Å². The van der Waals surface area contributed by atoms with Gasteiger partial charge in [0, 0.05) is 12.3 Å². The molecule has 0 aliphatic carbocycles. The Morgan fingerprint density at radius 1 is 1.33 bits per heavy atom. The zero-order chi connectivity index (χ0) is 10.3. The maximum Gasteiger partial charge on any atom is 0.162 e. The molecule has 1 aromatic heterocycles. The van der Waals surface area contributed by atoms with Crippen molar-refractivity contribution in [2.24, 2.45) is 0 Å². The molecule has 0 spiro atoms. The van der Waals surface area contributed by atoms with Crippen molar-refractivity contribution in [3.63, 3.8) is 0 Å². The number of phenolic OH excluding ortho intramolecular Hbond substituents is 1. The largest absolute Gasteiger partial charge is 0.508 e. The second-order valence-corrected chi connectivity index (χ2v) is 3.24. The molecular formula is C10H8N4O. The van der Waals surface area contributed by atoms with Crippen molar-refractivity contribution in [3.8, 4) is 11.4 Å². The SMILES string of the molecule is Oc1ccc2c(c1)-n1cnnc1C=CN2. The first-order chi connectivity index (χ1) is 7.34. The van der Waals surface area contributed by atoms with Crippen molar-refractivity contribution in [3.05, 3.63) is 36.6 Å². The Balaban J connectivity index is 2.32. The fraction of sp³-hybridized carbons (Fsp3) is 0. The van der Waals surface area contributed by atoms with Crippen molar-refractivity contribution >= 4 is 11.8 Å². The van der Waals surface area contributed by atoms with Crippen LogP contribution in [0.1, 0.15) is 5.82 Å². The van der Waals surface area contributed by atoms with E-state index in [4.69, 9.17) is 0 Å². The highest BCUT2D eigenvalue weighted by Gasteiger charge is 2.11. The molecule has 2 heterocycles. The smallest absolute Gasteiger partial charge is 0.162 e. The molecule has 3 rings (SSSR count). The predicted molar refractivity (Wildman–Crippen MR) is 55.7 cm³/mol. The maximum atomic E-state index is 9.44. The number of phenols is 1. The molecule has 0 radical (unpaired) electrons. The van der Waals surface area contributed by atoms with Crippen LogP contribution in [0.4, 0.5) is 5.69 Å². The highest BCUT2D eigenvalue weighted by Crippen LogP contribution is 2.27. The summed E-state index contributed by atoms with van der Waals surface area (Å²) >= 11 is 0. The van der Waals surface area contributed by atoms with Gasteiger partial charge < -0.3 is 10.4 Å². The van der Waals surface area contributed by atoms with Crippen LogP contribution in [0.15, 0.2) is 30.7 Å². The first-order valence-corrected chi connectivity index (χ1v) is 4.51. The van der Waals surface area contributed by atoms with Crippen molar-refractivity contribution in [2.75, 3.05) is 5.32 Å². The number of fused-ring (bicyclic) bond motifs is 3. The van der Waals surface area contributed by atoms with Crippen LogP contribution in [0.5, 0.6) is 5.75 Å². The lowest BCUT2D eigenvalue weighted by atomic mass is 10.2. The molecule has 0 unspecified atom stereocenters. The molecule has 1 aromatic carbocycles. The minimum absolute atomic E-state index is 0.220. The van der Waals surface area contributed by atoms with Crippen LogP contribution in [0.25, 0.3) is 11.8 Å². The molecule has 1 aliphatic rings. The minimum Gasteiger partial charge on any atom is -0.508 e. The molecule has 74 valence electrons. The average Bonchev–Trinajstić information content (AvgIpc) is 2.62. The molecule has 0 amide bonds. The molecule has 2 aromatic rings. The normalized spacial score (nSPS) is 12.5. The van der Waals surface area contributed by atoms with Crippen molar-refractivity contribution in [2.45, 2.75) is 0 Å². The van der Waals surface area contributed by atoms with Gasteiger partial charge >= 0.3 is 0 Å². The Labute approximate surface area is 85.7 Å². The highest BCUT2D eigenvalue weighted by molar-refractivity contribution is 5.69. The van der Waals surface area contributed by atoms with Crippen LogP contribution in [-0.4, -0.2) is 19.9 Å². The quantitative estimate of drug-likeness (QED) is 0.630.